The summed E-state index contributed by atoms with van der Waals surface area (Å²) in [6, 6.07) is -0.209. The number of aromatic nitrogens is 3. The topological polar surface area (TPSA) is 82.8 Å². The van der Waals surface area contributed by atoms with Crippen molar-refractivity contribution in [2.24, 2.45) is 0 Å². The molecule has 0 unspecified atom stereocenters. The fourth-order valence-corrected chi connectivity index (χ4v) is 2.39. The average Bonchev–Trinajstić information content (AvgIpc) is 3.03. The predicted octanol–water partition coefficient (Wildman–Crippen LogP) is -0.866. The molecule has 1 saturated heterocycles. The molecule has 0 radical (unpaired) electrons. The summed E-state index contributed by atoms with van der Waals surface area (Å²) in [7, 11) is 1.70. The van der Waals surface area contributed by atoms with Crippen molar-refractivity contribution >= 4 is 11.4 Å². The van der Waals surface area contributed by atoms with Crippen LogP contribution in [0.4, 0.5) is 0 Å². The van der Waals surface area contributed by atoms with Crippen LogP contribution < -0.4 is 5.32 Å². The fraction of sp³-hybridized carbons (Fsp3) is 0.417. The normalized spacial score (nSPS) is 22.8. The third-order valence-electron chi connectivity index (χ3n) is 3.52. The second-order valence-electron chi connectivity index (χ2n) is 4.67. The zero-order chi connectivity index (χ0) is 13.4. The van der Waals surface area contributed by atoms with Crippen LogP contribution in [0.5, 0.6) is 0 Å². The highest BCUT2D eigenvalue weighted by Crippen LogP contribution is 2.15. The highest BCUT2D eigenvalue weighted by Gasteiger charge is 2.32. The van der Waals surface area contributed by atoms with Crippen molar-refractivity contribution in [1.82, 2.24) is 24.8 Å². The van der Waals surface area contributed by atoms with Gasteiger partial charge >= 0.3 is 0 Å². The van der Waals surface area contributed by atoms with Gasteiger partial charge in [0, 0.05) is 32.5 Å². The fourth-order valence-electron chi connectivity index (χ4n) is 2.39. The molecule has 0 bridgehead atoms. The molecule has 100 valence electrons. The van der Waals surface area contributed by atoms with Gasteiger partial charge in [0.2, 0.25) is 0 Å². The summed E-state index contributed by atoms with van der Waals surface area (Å²) in [6.45, 7) is 1.11. The molecule has 3 rings (SSSR count). The van der Waals surface area contributed by atoms with Crippen LogP contribution in [0, 0.1) is 0 Å². The lowest BCUT2D eigenvalue weighted by Gasteiger charge is -2.26. The first kappa shape index (κ1) is 12.1. The summed E-state index contributed by atoms with van der Waals surface area (Å²) < 4.78 is 1.61. The molecule has 7 nitrogen and oxygen atoms in total. The molecule has 0 spiro atoms. The van der Waals surface area contributed by atoms with E-state index in [-0.39, 0.29) is 11.9 Å². The molecule has 7 heteroatoms. The second kappa shape index (κ2) is 4.60. The minimum Gasteiger partial charge on any atom is -0.390 e. The predicted molar refractivity (Wildman–Crippen MR) is 67.7 cm³/mol. The van der Waals surface area contributed by atoms with Gasteiger partial charge in [-0.2, -0.15) is 5.10 Å². The van der Waals surface area contributed by atoms with Gasteiger partial charge in [-0.15, -0.1) is 0 Å². The van der Waals surface area contributed by atoms with E-state index < -0.39 is 6.10 Å². The molecular formula is C12H15N5O2. The Kier molecular flexibility index (Phi) is 2.92. The Morgan fingerprint density at radius 1 is 1.53 bits per heavy atom. The third kappa shape index (κ3) is 1.96. The molecule has 2 atom stereocenters. The number of β-amino-alcohol motifs (C(OH)–C–C–N with tert-alkyl or cyclic N) is 1. The van der Waals surface area contributed by atoms with E-state index in [9.17, 15) is 9.90 Å². The number of hydrogen-bond acceptors (Lipinski definition) is 5. The lowest BCUT2D eigenvalue weighted by molar-refractivity contribution is 0.0583. The van der Waals surface area contributed by atoms with Gasteiger partial charge in [-0.25, -0.2) is 4.52 Å². The van der Waals surface area contributed by atoms with Crippen molar-refractivity contribution in [2.45, 2.75) is 12.1 Å². The van der Waals surface area contributed by atoms with E-state index in [1.54, 1.807) is 35.1 Å². The van der Waals surface area contributed by atoms with E-state index in [0.29, 0.717) is 24.2 Å². The van der Waals surface area contributed by atoms with E-state index >= 15 is 0 Å². The molecule has 1 amide bonds. The van der Waals surface area contributed by atoms with Crippen molar-refractivity contribution in [3.05, 3.63) is 30.4 Å². The molecule has 0 saturated carbocycles. The Hall–Kier alpha value is -1.99. The number of aliphatic hydroxyl groups excluding tert-OH is 1. The maximum Gasteiger partial charge on any atom is 0.257 e. The third-order valence-corrected chi connectivity index (χ3v) is 3.52. The molecule has 0 aliphatic carbocycles. The zero-order valence-electron chi connectivity index (χ0n) is 10.5. The maximum absolute atomic E-state index is 12.5. The summed E-state index contributed by atoms with van der Waals surface area (Å²) in [5, 5.41) is 17.0. The second-order valence-corrected chi connectivity index (χ2v) is 4.67. The van der Waals surface area contributed by atoms with Crippen LogP contribution in [0.25, 0.3) is 5.52 Å². The van der Waals surface area contributed by atoms with Crippen LogP contribution in [0.15, 0.2) is 24.8 Å². The van der Waals surface area contributed by atoms with Gasteiger partial charge in [-0.1, -0.05) is 0 Å². The quantitative estimate of drug-likeness (QED) is 0.734. The minimum atomic E-state index is -0.533. The summed E-state index contributed by atoms with van der Waals surface area (Å²) in [6.07, 6.45) is 5.91. The highest BCUT2D eigenvalue weighted by molar-refractivity contribution is 6.00. The van der Waals surface area contributed by atoms with Crippen LogP contribution in [-0.2, 0) is 0 Å². The Labute approximate surface area is 109 Å². The average molecular weight is 261 g/mol. The van der Waals surface area contributed by atoms with Crippen LogP contribution in [0.2, 0.25) is 0 Å². The van der Waals surface area contributed by atoms with Gasteiger partial charge in [-0.3, -0.25) is 9.78 Å². The van der Waals surface area contributed by atoms with Gasteiger partial charge in [0.15, 0.2) is 0 Å². The van der Waals surface area contributed by atoms with Crippen molar-refractivity contribution in [2.75, 3.05) is 20.1 Å². The number of amides is 1. The van der Waals surface area contributed by atoms with E-state index in [1.807, 2.05) is 0 Å². The van der Waals surface area contributed by atoms with E-state index in [4.69, 9.17) is 0 Å². The molecule has 3 heterocycles. The summed E-state index contributed by atoms with van der Waals surface area (Å²) in [5.41, 5.74) is 1.16. The first-order chi connectivity index (χ1) is 9.18. The first-order valence-electron chi connectivity index (χ1n) is 6.12. The molecule has 2 N–H and O–H groups in total. The smallest absolute Gasteiger partial charge is 0.257 e. The molecule has 1 aliphatic heterocycles. The molecular weight excluding hydrogens is 246 g/mol. The SMILES string of the molecule is CN(C(=O)c1cnn2ccncc12)[C@H]1CNC[C@@H]1O. The summed E-state index contributed by atoms with van der Waals surface area (Å²) >= 11 is 0. The largest absolute Gasteiger partial charge is 0.390 e. The molecule has 19 heavy (non-hydrogen) atoms. The molecule has 1 aliphatic rings. The molecule has 1 fully saturated rings. The lowest BCUT2D eigenvalue weighted by atomic mass is 10.1. The van der Waals surface area contributed by atoms with Crippen molar-refractivity contribution in [3.63, 3.8) is 0 Å². The van der Waals surface area contributed by atoms with Crippen LogP contribution in [0.3, 0.4) is 0 Å². The number of nitrogens with zero attached hydrogens (tertiary/aromatic N) is 4. The number of fused-ring (bicyclic) bond motifs is 1. The standard InChI is InChI=1S/C12H15N5O2/c1-16(10-6-14-7-11(10)18)12(19)8-4-15-17-3-2-13-5-9(8)17/h2-5,10-11,14,18H,6-7H2,1H3/t10-,11-/m0/s1. The first-order valence-corrected chi connectivity index (χ1v) is 6.12. The van der Waals surface area contributed by atoms with Crippen LogP contribution in [-0.4, -0.2) is 62.8 Å². The number of nitrogens with one attached hydrogen (secondary N) is 1. The van der Waals surface area contributed by atoms with Crippen LogP contribution in [0.1, 0.15) is 10.4 Å². The van der Waals surface area contributed by atoms with E-state index in [1.165, 1.54) is 6.20 Å². The number of hydrogen-bond donors (Lipinski definition) is 2. The number of carbonyl (C=O) groups is 1. The minimum absolute atomic E-state index is 0.157. The van der Waals surface area contributed by atoms with Gasteiger partial charge in [0.1, 0.15) is 0 Å². The van der Waals surface area contributed by atoms with Crippen molar-refractivity contribution in [3.8, 4) is 0 Å². The Bertz CT molecular complexity index is 611. The van der Waals surface area contributed by atoms with Gasteiger partial charge in [0.05, 0.1) is 35.6 Å². The summed E-state index contributed by atoms with van der Waals surface area (Å²) in [5.74, 6) is -0.157. The van der Waals surface area contributed by atoms with E-state index in [0.717, 1.165) is 0 Å². The Balaban J connectivity index is 1.91. The Morgan fingerprint density at radius 3 is 3.11 bits per heavy atom. The number of carbonyl (C=O) groups excluding carboxylic acids is 1. The van der Waals surface area contributed by atoms with Gasteiger partial charge < -0.3 is 15.3 Å². The molecule has 2 aromatic heterocycles. The number of aliphatic hydroxyl groups is 1. The summed E-state index contributed by atoms with van der Waals surface area (Å²) in [4.78, 5) is 18.0. The van der Waals surface area contributed by atoms with Crippen molar-refractivity contribution in [1.29, 1.82) is 0 Å². The zero-order valence-corrected chi connectivity index (χ0v) is 10.5. The number of rotatable bonds is 2. The highest BCUT2D eigenvalue weighted by atomic mass is 16.3. The maximum atomic E-state index is 12.5. The Morgan fingerprint density at radius 2 is 2.37 bits per heavy atom. The monoisotopic (exact) mass is 261 g/mol. The van der Waals surface area contributed by atoms with Crippen LogP contribution >= 0.6 is 0 Å². The van der Waals surface area contributed by atoms with Crippen molar-refractivity contribution < 1.29 is 9.90 Å². The van der Waals surface area contributed by atoms with Gasteiger partial charge in [-0.05, 0) is 0 Å². The number of likely N-dealkylation sites (N-methyl/N-ethyl adjacent to an activating group) is 1. The van der Waals surface area contributed by atoms with Gasteiger partial charge in [0.25, 0.3) is 5.91 Å². The molecule has 2 aromatic rings. The lowest BCUT2D eigenvalue weighted by Crippen LogP contribution is -2.44. The van der Waals surface area contributed by atoms with E-state index in [2.05, 4.69) is 15.4 Å². The molecule has 0 aromatic carbocycles.